The van der Waals surface area contributed by atoms with Crippen LogP contribution in [0.1, 0.15) is 17.1 Å². The lowest BCUT2D eigenvalue weighted by Crippen LogP contribution is -2.23. The number of rotatable bonds is 6. The number of aromatic nitrogens is 6. The Balaban J connectivity index is 1.69. The molecule has 9 heteroatoms. The topological polar surface area (TPSA) is 109 Å². The SMILES string of the molecule is O=c1cc(Cc2nnc(SCc3cccnc3)n2-c2ccccc2)[nH]c(=O)[nH]1. The second-order valence-electron chi connectivity index (χ2n) is 6.01. The van der Waals surface area contributed by atoms with Crippen LogP contribution in [-0.2, 0) is 12.2 Å². The number of nitrogens with zero attached hydrogens (tertiary/aromatic N) is 4. The van der Waals surface area contributed by atoms with E-state index in [-0.39, 0.29) is 6.42 Å². The molecule has 3 aromatic heterocycles. The lowest BCUT2D eigenvalue weighted by molar-refractivity contribution is 0.829. The number of hydrogen-bond acceptors (Lipinski definition) is 6. The van der Waals surface area contributed by atoms with E-state index in [1.165, 1.54) is 6.07 Å². The van der Waals surface area contributed by atoms with Crippen molar-refractivity contribution in [2.75, 3.05) is 0 Å². The Morgan fingerprint density at radius 1 is 1.00 bits per heavy atom. The highest BCUT2D eigenvalue weighted by Gasteiger charge is 2.15. The molecule has 0 amide bonds. The summed E-state index contributed by atoms with van der Waals surface area (Å²) in [4.78, 5) is 32.1. The van der Waals surface area contributed by atoms with Gasteiger partial charge in [-0.15, -0.1) is 10.2 Å². The first-order valence-corrected chi connectivity index (χ1v) is 9.51. The lowest BCUT2D eigenvalue weighted by Gasteiger charge is -2.10. The van der Waals surface area contributed by atoms with Gasteiger partial charge in [0.25, 0.3) is 5.56 Å². The van der Waals surface area contributed by atoms with Gasteiger partial charge in [-0.05, 0) is 23.8 Å². The minimum atomic E-state index is -0.542. The fraction of sp³-hybridized carbons (Fsp3) is 0.105. The normalized spacial score (nSPS) is 10.9. The molecule has 4 rings (SSSR count). The van der Waals surface area contributed by atoms with Crippen molar-refractivity contribution in [1.82, 2.24) is 29.7 Å². The van der Waals surface area contributed by atoms with Crippen molar-refractivity contribution in [3.8, 4) is 5.69 Å². The van der Waals surface area contributed by atoms with Gasteiger partial charge in [-0.2, -0.15) is 0 Å². The molecule has 8 nitrogen and oxygen atoms in total. The smallest absolute Gasteiger partial charge is 0.311 e. The Kier molecular flexibility index (Phi) is 5.16. The first-order chi connectivity index (χ1) is 13.7. The number of hydrogen-bond donors (Lipinski definition) is 2. The molecule has 0 aliphatic heterocycles. The van der Waals surface area contributed by atoms with Gasteiger partial charge in [-0.25, -0.2) is 4.79 Å². The van der Waals surface area contributed by atoms with Crippen LogP contribution in [0.3, 0.4) is 0 Å². The van der Waals surface area contributed by atoms with E-state index in [9.17, 15) is 9.59 Å². The molecule has 0 atom stereocenters. The van der Waals surface area contributed by atoms with Gasteiger partial charge in [0, 0.05) is 42.0 Å². The fourth-order valence-electron chi connectivity index (χ4n) is 2.76. The summed E-state index contributed by atoms with van der Waals surface area (Å²) in [6, 6.07) is 15.0. The van der Waals surface area contributed by atoms with Gasteiger partial charge in [0.05, 0.1) is 0 Å². The molecule has 0 fully saturated rings. The number of para-hydroxylation sites is 1. The molecule has 0 aliphatic rings. The Morgan fingerprint density at radius 2 is 1.86 bits per heavy atom. The predicted octanol–water partition coefficient (Wildman–Crippen LogP) is 1.92. The number of pyridine rings is 1. The molecule has 0 bridgehead atoms. The van der Waals surface area contributed by atoms with Crippen molar-refractivity contribution in [3.63, 3.8) is 0 Å². The third kappa shape index (κ3) is 4.09. The maximum Gasteiger partial charge on any atom is 0.325 e. The van der Waals surface area contributed by atoms with Crippen LogP contribution in [0, 0.1) is 0 Å². The first-order valence-electron chi connectivity index (χ1n) is 8.53. The van der Waals surface area contributed by atoms with E-state index in [1.54, 1.807) is 18.0 Å². The van der Waals surface area contributed by atoms with E-state index in [1.807, 2.05) is 53.2 Å². The summed E-state index contributed by atoms with van der Waals surface area (Å²) in [5, 5.41) is 9.35. The monoisotopic (exact) mass is 392 g/mol. The molecule has 0 radical (unpaired) electrons. The van der Waals surface area contributed by atoms with Crippen LogP contribution in [0.4, 0.5) is 0 Å². The highest BCUT2D eigenvalue weighted by molar-refractivity contribution is 7.98. The maximum absolute atomic E-state index is 11.6. The summed E-state index contributed by atoms with van der Waals surface area (Å²) >= 11 is 1.54. The Morgan fingerprint density at radius 3 is 2.61 bits per heavy atom. The van der Waals surface area contributed by atoms with Crippen molar-refractivity contribution in [1.29, 1.82) is 0 Å². The fourth-order valence-corrected chi connectivity index (χ4v) is 3.67. The molecule has 0 unspecified atom stereocenters. The maximum atomic E-state index is 11.6. The van der Waals surface area contributed by atoms with Crippen molar-refractivity contribution in [3.05, 3.63) is 98.8 Å². The van der Waals surface area contributed by atoms with E-state index in [0.717, 1.165) is 16.4 Å². The van der Waals surface area contributed by atoms with Crippen LogP contribution < -0.4 is 11.2 Å². The number of nitrogens with one attached hydrogen (secondary N) is 2. The number of aromatic amines is 2. The van der Waals surface area contributed by atoms with Crippen LogP contribution in [-0.4, -0.2) is 29.7 Å². The van der Waals surface area contributed by atoms with Gasteiger partial charge in [-0.1, -0.05) is 36.0 Å². The van der Waals surface area contributed by atoms with E-state index in [2.05, 4.69) is 25.1 Å². The zero-order chi connectivity index (χ0) is 19.3. The number of H-pyrrole nitrogens is 2. The van der Waals surface area contributed by atoms with Crippen molar-refractivity contribution in [2.24, 2.45) is 0 Å². The van der Waals surface area contributed by atoms with Crippen LogP contribution >= 0.6 is 11.8 Å². The second kappa shape index (κ2) is 8.05. The van der Waals surface area contributed by atoms with Crippen molar-refractivity contribution in [2.45, 2.75) is 17.3 Å². The van der Waals surface area contributed by atoms with E-state index in [4.69, 9.17) is 0 Å². The summed E-state index contributed by atoms with van der Waals surface area (Å²) in [6.45, 7) is 0. The van der Waals surface area contributed by atoms with Gasteiger partial charge >= 0.3 is 5.69 Å². The van der Waals surface area contributed by atoms with Gasteiger partial charge < -0.3 is 4.98 Å². The molecule has 28 heavy (non-hydrogen) atoms. The van der Waals surface area contributed by atoms with Crippen LogP contribution in [0.5, 0.6) is 0 Å². The summed E-state index contributed by atoms with van der Waals surface area (Å²) < 4.78 is 1.93. The molecule has 0 saturated carbocycles. The lowest BCUT2D eigenvalue weighted by atomic mass is 10.2. The number of benzene rings is 1. The molecule has 3 heterocycles. The molecule has 140 valence electrons. The highest BCUT2D eigenvalue weighted by Crippen LogP contribution is 2.25. The van der Waals surface area contributed by atoms with Gasteiger partial charge in [0.15, 0.2) is 5.16 Å². The molecule has 0 saturated heterocycles. The highest BCUT2D eigenvalue weighted by atomic mass is 32.2. The molecular formula is C19H16N6O2S. The zero-order valence-corrected chi connectivity index (χ0v) is 15.5. The van der Waals surface area contributed by atoms with E-state index >= 15 is 0 Å². The minimum absolute atomic E-state index is 0.272. The molecule has 2 N–H and O–H groups in total. The third-order valence-electron chi connectivity index (χ3n) is 3.97. The Bertz CT molecular complexity index is 1160. The van der Waals surface area contributed by atoms with Gasteiger partial charge in [0.1, 0.15) is 5.82 Å². The van der Waals surface area contributed by atoms with Gasteiger partial charge in [-0.3, -0.25) is 19.3 Å². The van der Waals surface area contributed by atoms with Gasteiger partial charge in [0.2, 0.25) is 0 Å². The zero-order valence-electron chi connectivity index (χ0n) is 14.7. The molecular weight excluding hydrogens is 376 g/mol. The van der Waals surface area contributed by atoms with Crippen LogP contribution in [0.25, 0.3) is 5.69 Å². The standard InChI is InChI=1S/C19H16N6O2S/c26-17-10-14(21-18(27)22-17)9-16-23-24-19(25(16)15-6-2-1-3-7-15)28-12-13-5-4-8-20-11-13/h1-8,10-11H,9,12H2,(H2,21,22,26,27). The molecule has 0 spiro atoms. The Labute approximate surface area is 163 Å². The third-order valence-corrected chi connectivity index (χ3v) is 4.97. The quantitative estimate of drug-likeness (QED) is 0.485. The largest absolute Gasteiger partial charge is 0.325 e. The minimum Gasteiger partial charge on any atom is -0.311 e. The van der Waals surface area contributed by atoms with E-state index in [0.29, 0.717) is 17.3 Å². The number of thioether (sulfide) groups is 1. The summed E-state index contributed by atoms with van der Waals surface area (Å²) in [6.07, 6.45) is 3.83. The molecule has 4 aromatic rings. The van der Waals surface area contributed by atoms with E-state index < -0.39 is 11.2 Å². The van der Waals surface area contributed by atoms with Crippen LogP contribution in [0.2, 0.25) is 0 Å². The average molecular weight is 392 g/mol. The summed E-state index contributed by atoms with van der Waals surface area (Å²) in [5.41, 5.74) is 1.47. The molecule has 0 aliphatic carbocycles. The second-order valence-corrected chi connectivity index (χ2v) is 6.95. The molecule has 1 aromatic carbocycles. The van der Waals surface area contributed by atoms with Crippen molar-refractivity contribution >= 4 is 11.8 Å². The first kappa shape index (κ1) is 17.9. The Hall–Kier alpha value is -3.46. The van der Waals surface area contributed by atoms with Crippen molar-refractivity contribution < 1.29 is 0 Å². The summed E-state index contributed by atoms with van der Waals surface area (Å²) in [7, 11) is 0. The predicted molar refractivity (Wildman–Crippen MR) is 106 cm³/mol. The van der Waals surface area contributed by atoms with Crippen LogP contribution in [0.15, 0.2) is 75.7 Å². The average Bonchev–Trinajstić information content (AvgIpc) is 3.09. The summed E-state index contributed by atoms with van der Waals surface area (Å²) in [5.74, 6) is 1.32.